The van der Waals surface area contributed by atoms with E-state index in [2.05, 4.69) is 21.2 Å². The summed E-state index contributed by atoms with van der Waals surface area (Å²) < 4.78 is 11.4. The third kappa shape index (κ3) is 4.78. The Labute approximate surface area is 171 Å². The van der Waals surface area contributed by atoms with Crippen molar-refractivity contribution in [3.63, 3.8) is 0 Å². The van der Waals surface area contributed by atoms with Crippen LogP contribution in [0.2, 0.25) is 0 Å². The van der Waals surface area contributed by atoms with Crippen LogP contribution in [0.3, 0.4) is 0 Å². The van der Waals surface area contributed by atoms with E-state index in [1.165, 1.54) is 7.11 Å². The van der Waals surface area contributed by atoms with Crippen molar-refractivity contribution in [2.24, 2.45) is 0 Å². The van der Waals surface area contributed by atoms with Gasteiger partial charge >= 0.3 is 5.97 Å². The molecule has 0 unspecified atom stereocenters. The number of ether oxygens (including phenoxy) is 2. The molecule has 0 saturated heterocycles. The van der Waals surface area contributed by atoms with Crippen LogP contribution in [0.5, 0.6) is 5.75 Å². The molecular weight excluding hydrogens is 422 g/mol. The highest BCUT2D eigenvalue weighted by molar-refractivity contribution is 9.10. The molecule has 0 aliphatic rings. The van der Waals surface area contributed by atoms with Crippen molar-refractivity contribution < 1.29 is 19.1 Å². The fraction of sp³-hybridized carbons (Fsp3) is 0.0909. The van der Waals surface area contributed by atoms with E-state index in [9.17, 15) is 9.59 Å². The molecule has 1 N–H and O–H groups in total. The minimum atomic E-state index is -0.508. The predicted molar refractivity (Wildman–Crippen MR) is 111 cm³/mol. The average molecular weight is 440 g/mol. The molecule has 0 bridgehead atoms. The number of hydrogen-bond acceptors (Lipinski definition) is 4. The van der Waals surface area contributed by atoms with Gasteiger partial charge in [0, 0.05) is 5.56 Å². The number of para-hydroxylation sites is 2. The summed E-state index contributed by atoms with van der Waals surface area (Å²) in [6.45, 7) is 0.322. The second-order valence-electron chi connectivity index (χ2n) is 5.91. The van der Waals surface area contributed by atoms with Crippen LogP contribution in [0.15, 0.2) is 77.3 Å². The molecule has 3 aromatic rings. The Kier molecular flexibility index (Phi) is 6.45. The standard InChI is InChI=1S/C22H18BrNO4/c1-27-22(26)17-9-2-4-11-19(17)24-21(25)16-8-6-7-15(13-16)14-28-20-12-5-3-10-18(20)23/h2-13H,14H2,1H3,(H,24,25). The van der Waals surface area contributed by atoms with Crippen molar-refractivity contribution >= 4 is 33.5 Å². The van der Waals surface area contributed by atoms with Gasteiger partial charge in [-0.25, -0.2) is 4.79 Å². The summed E-state index contributed by atoms with van der Waals surface area (Å²) in [6.07, 6.45) is 0. The Morgan fingerprint density at radius 1 is 0.964 bits per heavy atom. The number of methoxy groups -OCH3 is 1. The third-order valence-electron chi connectivity index (χ3n) is 4.00. The molecule has 0 aliphatic carbocycles. The zero-order valence-electron chi connectivity index (χ0n) is 15.1. The molecule has 0 saturated carbocycles. The van der Waals surface area contributed by atoms with Crippen molar-refractivity contribution in [2.45, 2.75) is 6.61 Å². The van der Waals surface area contributed by atoms with Gasteiger partial charge in [-0.3, -0.25) is 4.79 Å². The van der Waals surface area contributed by atoms with E-state index >= 15 is 0 Å². The largest absolute Gasteiger partial charge is 0.488 e. The van der Waals surface area contributed by atoms with E-state index < -0.39 is 5.97 Å². The van der Waals surface area contributed by atoms with Crippen molar-refractivity contribution in [2.75, 3.05) is 12.4 Å². The monoisotopic (exact) mass is 439 g/mol. The van der Waals surface area contributed by atoms with E-state index in [1.54, 1.807) is 42.5 Å². The molecule has 0 fully saturated rings. The maximum absolute atomic E-state index is 12.6. The van der Waals surface area contributed by atoms with Crippen molar-refractivity contribution in [3.8, 4) is 5.75 Å². The summed E-state index contributed by atoms with van der Waals surface area (Å²) >= 11 is 3.44. The van der Waals surface area contributed by atoms with Gasteiger partial charge in [-0.1, -0.05) is 36.4 Å². The van der Waals surface area contributed by atoms with Crippen LogP contribution in [-0.2, 0) is 11.3 Å². The first kappa shape index (κ1) is 19.6. The number of amides is 1. The van der Waals surface area contributed by atoms with Gasteiger partial charge in [0.25, 0.3) is 5.91 Å². The number of nitrogens with one attached hydrogen (secondary N) is 1. The van der Waals surface area contributed by atoms with E-state index in [0.29, 0.717) is 23.4 Å². The van der Waals surface area contributed by atoms with Crippen LogP contribution in [0.25, 0.3) is 0 Å². The predicted octanol–water partition coefficient (Wildman–Crippen LogP) is 5.07. The van der Waals surface area contributed by atoms with Gasteiger partial charge in [0.15, 0.2) is 0 Å². The summed E-state index contributed by atoms with van der Waals surface area (Å²) in [5.74, 6) is -0.102. The molecule has 6 heteroatoms. The first-order valence-corrected chi connectivity index (χ1v) is 9.33. The third-order valence-corrected chi connectivity index (χ3v) is 4.66. The van der Waals surface area contributed by atoms with Gasteiger partial charge in [-0.2, -0.15) is 0 Å². The second kappa shape index (κ2) is 9.19. The molecular formula is C22H18BrNO4. The van der Waals surface area contributed by atoms with E-state index in [4.69, 9.17) is 9.47 Å². The number of carbonyl (C=O) groups is 2. The van der Waals surface area contributed by atoms with Crippen LogP contribution in [0, 0.1) is 0 Å². The lowest BCUT2D eigenvalue weighted by Gasteiger charge is -2.11. The summed E-state index contributed by atoms with van der Waals surface area (Å²) in [7, 11) is 1.30. The van der Waals surface area contributed by atoms with Crippen molar-refractivity contribution in [1.82, 2.24) is 0 Å². The summed E-state index contributed by atoms with van der Waals surface area (Å²) in [6, 6.07) is 21.4. The molecule has 28 heavy (non-hydrogen) atoms. The maximum Gasteiger partial charge on any atom is 0.339 e. The molecule has 1 amide bonds. The fourth-order valence-electron chi connectivity index (χ4n) is 2.60. The van der Waals surface area contributed by atoms with Gasteiger partial charge < -0.3 is 14.8 Å². The molecule has 0 aliphatic heterocycles. The van der Waals surface area contributed by atoms with Gasteiger partial charge in [0.2, 0.25) is 0 Å². The van der Waals surface area contributed by atoms with E-state index in [-0.39, 0.29) is 5.91 Å². The fourth-order valence-corrected chi connectivity index (χ4v) is 3.00. The lowest BCUT2D eigenvalue weighted by Crippen LogP contribution is -2.15. The molecule has 5 nitrogen and oxygen atoms in total. The summed E-state index contributed by atoms with van der Waals surface area (Å²) in [5, 5.41) is 2.76. The highest BCUT2D eigenvalue weighted by Gasteiger charge is 2.14. The van der Waals surface area contributed by atoms with Crippen molar-refractivity contribution in [1.29, 1.82) is 0 Å². The molecule has 3 rings (SSSR count). The number of carbonyl (C=O) groups excluding carboxylic acids is 2. The topological polar surface area (TPSA) is 64.6 Å². The Hall–Kier alpha value is -3.12. The van der Waals surface area contributed by atoms with Crippen LogP contribution in [0.4, 0.5) is 5.69 Å². The molecule has 0 aromatic heterocycles. The highest BCUT2D eigenvalue weighted by Crippen LogP contribution is 2.25. The van der Waals surface area contributed by atoms with Gasteiger partial charge in [0.1, 0.15) is 12.4 Å². The van der Waals surface area contributed by atoms with Crippen LogP contribution < -0.4 is 10.1 Å². The first-order chi connectivity index (χ1) is 13.6. The smallest absolute Gasteiger partial charge is 0.339 e. The van der Waals surface area contributed by atoms with Crippen molar-refractivity contribution in [3.05, 3.63) is 94.0 Å². The second-order valence-corrected chi connectivity index (χ2v) is 6.77. The Morgan fingerprint density at radius 2 is 1.71 bits per heavy atom. The molecule has 0 radical (unpaired) electrons. The summed E-state index contributed by atoms with van der Waals surface area (Å²) in [5.41, 5.74) is 2.01. The van der Waals surface area contributed by atoms with E-state index in [0.717, 1.165) is 15.8 Å². The van der Waals surface area contributed by atoms with E-state index in [1.807, 2.05) is 30.3 Å². The minimum Gasteiger partial charge on any atom is -0.488 e. The van der Waals surface area contributed by atoms with Gasteiger partial charge in [-0.05, 0) is 57.9 Å². The normalized spacial score (nSPS) is 10.2. The zero-order valence-corrected chi connectivity index (χ0v) is 16.7. The molecule has 0 heterocycles. The number of halogens is 1. The quantitative estimate of drug-likeness (QED) is 0.544. The first-order valence-electron chi connectivity index (χ1n) is 8.53. The number of anilines is 1. The number of rotatable bonds is 6. The summed E-state index contributed by atoms with van der Waals surface area (Å²) in [4.78, 5) is 24.5. The number of esters is 1. The average Bonchev–Trinajstić information content (AvgIpc) is 2.73. The highest BCUT2D eigenvalue weighted by atomic mass is 79.9. The molecule has 0 atom stereocenters. The Balaban J connectivity index is 1.73. The molecule has 0 spiro atoms. The Bertz CT molecular complexity index is 1000. The number of benzene rings is 3. The van der Waals surface area contributed by atoms with Crippen LogP contribution in [0.1, 0.15) is 26.3 Å². The minimum absolute atomic E-state index is 0.298. The zero-order chi connectivity index (χ0) is 19.9. The van der Waals surface area contributed by atoms with Gasteiger partial charge in [0.05, 0.1) is 22.8 Å². The van der Waals surface area contributed by atoms with Crippen LogP contribution in [-0.4, -0.2) is 19.0 Å². The molecule has 142 valence electrons. The SMILES string of the molecule is COC(=O)c1ccccc1NC(=O)c1cccc(COc2ccccc2Br)c1. The Morgan fingerprint density at radius 3 is 2.50 bits per heavy atom. The maximum atomic E-state index is 12.6. The van der Waals surface area contributed by atoms with Crippen LogP contribution >= 0.6 is 15.9 Å². The molecule has 3 aromatic carbocycles. The lowest BCUT2D eigenvalue weighted by atomic mass is 10.1. The number of hydrogen-bond donors (Lipinski definition) is 1. The lowest BCUT2D eigenvalue weighted by molar-refractivity contribution is 0.0602. The van der Waals surface area contributed by atoms with Gasteiger partial charge in [-0.15, -0.1) is 0 Å².